The third kappa shape index (κ3) is 2.07. The summed E-state index contributed by atoms with van der Waals surface area (Å²) in [6.07, 6.45) is 0. The molecule has 0 atom stereocenters. The Bertz CT molecular complexity index is 454. The fourth-order valence-corrected chi connectivity index (χ4v) is 1.65. The van der Waals surface area contributed by atoms with Crippen LogP contribution < -0.4 is 0 Å². The maximum atomic E-state index is 8.87. The third-order valence-electron chi connectivity index (χ3n) is 2.23. The van der Waals surface area contributed by atoms with Crippen LogP contribution in [-0.4, -0.2) is 10.3 Å². The van der Waals surface area contributed by atoms with E-state index in [0.29, 0.717) is 5.76 Å². The number of rotatable bonds is 2. The van der Waals surface area contributed by atoms with E-state index in [9.17, 15) is 0 Å². The van der Waals surface area contributed by atoms with Gasteiger partial charge in [0, 0.05) is 11.6 Å². The first-order chi connectivity index (χ1) is 7.19. The number of aromatic nitrogens is 1. The van der Waals surface area contributed by atoms with Crippen molar-refractivity contribution < 1.29 is 9.63 Å². The van der Waals surface area contributed by atoms with E-state index in [-0.39, 0.29) is 6.61 Å². The molecule has 0 amide bonds. The first-order valence-corrected chi connectivity index (χ1v) is 4.84. The average molecular weight is 203 g/mol. The van der Waals surface area contributed by atoms with Crippen LogP contribution in [0.3, 0.4) is 0 Å². The number of hydrogen-bond acceptors (Lipinski definition) is 3. The predicted molar refractivity (Wildman–Crippen MR) is 57.3 cm³/mol. The lowest BCUT2D eigenvalue weighted by molar-refractivity contribution is 0.229. The number of benzene rings is 1. The van der Waals surface area contributed by atoms with Crippen molar-refractivity contribution >= 4 is 0 Å². The molecule has 0 aliphatic carbocycles. The molecule has 2 rings (SSSR count). The van der Waals surface area contributed by atoms with Gasteiger partial charge in [-0.3, -0.25) is 0 Å². The summed E-state index contributed by atoms with van der Waals surface area (Å²) in [5, 5.41) is 12.8. The van der Waals surface area contributed by atoms with Crippen LogP contribution in [-0.2, 0) is 6.61 Å². The SMILES string of the molecule is Cc1cc(C)cc(-c2cc(CO)on2)c1. The molecule has 3 heteroatoms. The molecule has 0 bridgehead atoms. The Balaban J connectivity index is 2.44. The largest absolute Gasteiger partial charge is 0.388 e. The smallest absolute Gasteiger partial charge is 0.162 e. The Morgan fingerprint density at radius 1 is 1.13 bits per heavy atom. The summed E-state index contributed by atoms with van der Waals surface area (Å²) in [7, 11) is 0. The van der Waals surface area contributed by atoms with Gasteiger partial charge < -0.3 is 9.63 Å². The minimum Gasteiger partial charge on any atom is -0.388 e. The fourth-order valence-electron chi connectivity index (χ4n) is 1.65. The maximum absolute atomic E-state index is 8.87. The topological polar surface area (TPSA) is 46.3 Å². The van der Waals surface area contributed by atoms with Gasteiger partial charge in [-0.25, -0.2) is 0 Å². The summed E-state index contributed by atoms with van der Waals surface area (Å²) in [4.78, 5) is 0. The van der Waals surface area contributed by atoms with Crippen LogP contribution in [0.1, 0.15) is 16.9 Å². The zero-order chi connectivity index (χ0) is 10.8. The highest BCUT2D eigenvalue weighted by Gasteiger charge is 2.06. The quantitative estimate of drug-likeness (QED) is 0.815. The van der Waals surface area contributed by atoms with Crippen LogP contribution in [0.4, 0.5) is 0 Å². The van der Waals surface area contributed by atoms with Gasteiger partial charge >= 0.3 is 0 Å². The van der Waals surface area contributed by atoms with Gasteiger partial charge in [-0.05, 0) is 26.0 Å². The molecule has 0 aliphatic heterocycles. The second-order valence-electron chi connectivity index (χ2n) is 3.71. The highest BCUT2D eigenvalue weighted by Crippen LogP contribution is 2.21. The Hall–Kier alpha value is -1.61. The summed E-state index contributed by atoms with van der Waals surface area (Å²) in [6.45, 7) is 3.98. The van der Waals surface area contributed by atoms with Crippen molar-refractivity contribution in [2.24, 2.45) is 0 Å². The molecule has 0 spiro atoms. The van der Waals surface area contributed by atoms with Gasteiger partial charge in [-0.1, -0.05) is 22.3 Å². The van der Waals surface area contributed by atoms with Crippen molar-refractivity contribution in [3.8, 4) is 11.3 Å². The van der Waals surface area contributed by atoms with Crippen molar-refractivity contribution in [2.75, 3.05) is 0 Å². The van der Waals surface area contributed by atoms with Crippen LogP contribution in [0.5, 0.6) is 0 Å². The molecular formula is C12H13NO2. The molecule has 78 valence electrons. The number of aliphatic hydroxyl groups is 1. The molecule has 1 aromatic heterocycles. The van der Waals surface area contributed by atoms with Crippen molar-refractivity contribution in [1.29, 1.82) is 0 Å². The summed E-state index contributed by atoms with van der Waals surface area (Å²) >= 11 is 0. The van der Waals surface area contributed by atoms with Gasteiger partial charge in [0.1, 0.15) is 12.3 Å². The van der Waals surface area contributed by atoms with Gasteiger partial charge in [0.2, 0.25) is 0 Å². The van der Waals surface area contributed by atoms with E-state index in [4.69, 9.17) is 9.63 Å². The molecule has 0 saturated heterocycles. The van der Waals surface area contributed by atoms with Gasteiger partial charge in [0.25, 0.3) is 0 Å². The zero-order valence-electron chi connectivity index (χ0n) is 8.82. The number of nitrogens with zero attached hydrogens (tertiary/aromatic N) is 1. The highest BCUT2D eigenvalue weighted by atomic mass is 16.5. The second-order valence-corrected chi connectivity index (χ2v) is 3.71. The molecule has 0 saturated carbocycles. The summed E-state index contributed by atoms with van der Waals surface area (Å²) < 4.78 is 4.95. The zero-order valence-corrected chi connectivity index (χ0v) is 8.82. The van der Waals surface area contributed by atoms with Crippen LogP contribution in [0, 0.1) is 13.8 Å². The van der Waals surface area contributed by atoms with Gasteiger partial charge in [0.15, 0.2) is 5.76 Å². The fraction of sp³-hybridized carbons (Fsp3) is 0.250. The molecule has 15 heavy (non-hydrogen) atoms. The Labute approximate surface area is 88.3 Å². The minimum absolute atomic E-state index is 0.113. The van der Waals surface area contributed by atoms with E-state index < -0.39 is 0 Å². The van der Waals surface area contributed by atoms with Crippen molar-refractivity contribution in [1.82, 2.24) is 5.16 Å². The van der Waals surface area contributed by atoms with E-state index >= 15 is 0 Å². The molecule has 1 aromatic carbocycles. The first kappa shape index (κ1) is 9.93. The standard InChI is InChI=1S/C12H13NO2/c1-8-3-9(2)5-10(4-8)12-6-11(7-14)15-13-12/h3-6,14H,7H2,1-2H3. The monoisotopic (exact) mass is 203 g/mol. The molecule has 2 aromatic rings. The molecule has 0 fully saturated rings. The molecule has 3 nitrogen and oxygen atoms in total. The lowest BCUT2D eigenvalue weighted by Crippen LogP contribution is -1.82. The van der Waals surface area contributed by atoms with Gasteiger partial charge in [-0.2, -0.15) is 0 Å². The van der Waals surface area contributed by atoms with Gasteiger partial charge in [-0.15, -0.1) is 0 Å². The lowest BCUT2D eigenvalue weighted by Gasteiger charge is -2.00. The summed E-state index contributed by atoms with van der Waals surface area (Å²) in [5.41, 5.74) is 4.18. The Kier molecular flexibility index (Phi) is 2.56. The van der Waals surface area contributed by atoms with E-state index in [1.54, 1.807) is 6.07 Å². The van der Waals surface area contributed by atoms with E-state index in [1.807, 2.05) is 26.0 Å². The van der Waals surface area contributed by atoms with E-state index in [0.717, 1.165) is 11.3 Å². The first-order valence-electron chi connectivity index (χ1n) is 4.84. The summed E-state index contributed by atoms with van der Waals surface area (Å²) in [5.74, 6) is 0.490. The van der Waals surface area contributed by atoms with Crippen molar-refractivity contribution in [2.45, 2.75) is 20.5 Å². The molecule has 0 aliphatic rings. The molecule has 1 N–H and O–H groups in total. The normalized spacial score (nSPS) is 10.6. The molecule has 0 radical (unpaired) electrons. The van der Waals surface area contributed by atoms with E-state index in [2.05, 4.69) is 11.2 Å². The van der Waals surface area contributed by atoms with Crippen LogP contribution in [0.2, 0.25) is 0 Å². The highest BCUT2D eigenvalue weighted by molar-refractivity contribution is 5.60. The van der Waals surface area contributed by atoms with Crippen molar-refractivity contribution in [3.63, 3.8) is 0 Å². The van der Waals surface area contributed by atoms with Crippen LogP contribution >= 0.6 is 0 Å². The number of aryl methyl sites for hydroxylation is 2. The Morgan fingerprint density at radius 3 is 2.33 bits per heavy atom. The predicted octanol–water partition coefficient (Wildman–Crippen LogP) is 2.45. The number of hydrogen-bond donors (Lipinski definition) is 1. The van der Waals surface area contributed by atoms with Crippen LogP contribution in [0.15, 0.2) is 28.8 Å². The molecule has 1 heterocycles. The average Bonchev–Trinajstić information content (AvgIpc) is 2.64. The molecular weight excluding hydrogens is 190 g/mol. The maximum Gasteiger partial charge on any atom is 0.162 e. The van der Waals surface area contributed by atoms with Gasteiger partial charge in [0.05, 0.1) is 0 Å². The summed E-state index contributed by atoms with van der Waals surface area (Å²) in [6, 6.07) is 7.96. The van der Waals surface area contributed by atoms with E-state index in [1.165, 1.54) is 11.1 Å². The minimum atomic E-state index is -0.113. The number of aliphatic hydroxyl groups excluding tert-OH is 1. The lowest BCUT2D eigenvalue weighted by atomic mass is 10.1. The second kappa shape index (κ2) is 3.87. The van der Waals surface area contributed by atoms with Crippen molar-refractivity contribution in [3.05, 3.63) is 41.2 Å². The van der Waals surface area contributed by atoms with Crippen LogP contribution in [0.25, 0.3) is 11.3 Å². The Morgan fingerprint density at radius 2 is 1.80 bits per heavy atom. The molecule has 0 unspecified atom stereocenters. The third-order valence-corrected chi connectivity index (χ3v) is 2.23.